The van der Waals surface area contributed by atoms with Crippen molar-refractivity contribution in [2.24, 2.45) is 22.9 Å². The van der Waals surface area contributed by atoms with E-state index >= 15 is 0 Å². The van der Waals surface area contributed by atoms with Gasteiger partial charge in [0.05, 0.1) is 18.4 Å². The van der Waals surface area contributed by atoms with Gasteiger partial charge in [-0.15, -0.1) is 0 Å². The molecule has 3 nitrogen and oxygen atoms in total. The van der Waals surface area contributed by atoms with Crippen LogP contribution >= 0.6 is 0 Å². The van der Waals surface area contributed by atoms with E-state index in [-0.39, 0.29) is 6.10 Å². The van der Waals surface area contributed by atoms with Gasteiger partial charge in [0.15, 0.2) is 0 Å². The molecule has 2 saturated carbocycles. The molecule has 24 heavy (non-hydrogen) atoms. The highest BCUT2D eigenvalue weighted by Gasteiger charge is 2.58. The SMILES string of the molecule is c1ccc(CO[C@@H]2C[C@@H]3C[C@H]2[C@H]2ON=C(c4ccccc4)[C@@H]32)cc1. The molecule has 3 aliphatic rings. The molecule has 3 heteroatoms. The van der Waals surface area contributed by atoms with Gasteiger partial charge in [0.25, 0.3) is 0 Å². The van der Waals surface area contributed by atoms with Gasteiger partial charge in [-0.2, -0.15) is 0 Å². The number of fused-ring (bicyclic) bond motifs is 5. The number of oxime groups is 1. The topological polar surface area (TPSA) is 30.8 Å². The molecule has 0 amide bonds. The fourth-order valence-corrected chi connectivity index (χ4v) is 4.77. The summed E-state index contributed by atoms with van der Waals surface area (Å²) < 4.78 is 6.24. The highest BCUT2D eigenvalue weighted by atomic mass is 16.6. The molecular weight excluding hydrogens is 298 g/mol. The summed E-state index contributed by atoms with van der Waals surface area (Å²) in [4.78, 5) is 5.87. The second kappa shape index (κ2) is 5.75. The summed E-state index contributed by atoms with van der Waals surface area (Å²) in [6.07, 6.45) is 2.86. The lowest BCUT2D eigenvalue weighted by Gasteiger charge is -2.30. The third-order valence-electron chi connectivity index (χ3n) is 5.84. The summed E-state index contributed by atoms with van der Waals surface area (Å²) in [6, 6.07) is 20.9. The van der Waals surface area contributed by atoms with E-state index in [2.05, 4.69) is 53.7 Å². The summed E-state index contributed by atoms with van der Waals surface area (Å²) >= 11 is 0. The summed E-state index contributed by atoms with van der Waals surface area (Å²) in [5, 5.41) is 4.45. The molecule has 1 aliphatic heterocycles. The zero-order chi connectivity index (χ0) is 15.9. The Kier molecular flexibility index (Phi) is 3.41. The van der Waals surface area contributed by atoms with Crippen molar-refractivity contribution in [3.8, 4) is 0 Å². The largest absolute Gasteiger partial charge is 0.391 e. The minimum Gasteiger partial charge on any atom is -0.391 e. The Morgan fingerprint density at radius 2 is 1.71 bits per heavy atom. The zero-order valence-corrected chi connectivity index (χ0v) is 13.5. The van der Waals surface area contributed by atoms with Crippen molar-refractivity contribution in [1.82, 2.24) is 0 Å². The summed E-state index contributed by atoms with van der Waals surface area (Å²) in [5.74, 6) is 1.57. The number of hydrogen-bond donors (Lipinski definition) is 0. The molecule has 5 atom stereocenters. The van der Waals surface area contributed by atoms with Crippen LogP contribution in [0.15, 0.2) is 65.8 Å². The maximum atomic E-state index is 6.24. The standard InChI is InChI=1S/C21H21NO2/c1-3-7-14(8-4-1)13-23-18-12-16-11-17(18)21-19(16)20(22-24-21)15-9-5-2-6-10-15/h1-10,16-19,21H,11-13H2/t16-,17+,18+,19+,21+/m0/s1. The number of nitrogens with zero attached hydrogens (tertiary/aromatic N) is 1. The summed E-state index contributed by atoms with van der Waals surface area (Å²) in [5.41, 5.74) is 3.60. The molecule has 2 aromatic rings. The van der Waals surface area contributed by atoms with Crippen molar-refractivity contribution in [3.63, 3.8) is 0 Å². The molecule has 1 heterocycles. The first kappa shape index (κ1) is 14.2. The van der Waals surface area contributed by atoms with Crippen molar-refractivity contribution < 1.29 is 9.57 Å². The van der Waals surface area contributed by atoms with Crippen LogP contribution in [-0.2, 0) is 16.2 Å². The molecule has 0 radical (unpaired) electrons. The van der Waals surface area contributed by atoms with Gasteiger partial charge in [-0.3, -0.25) is 0 Å². The normalized spacial score (nSPS) is 33.2. The second-order valence-corrected chi connectivity index (χ2v) is 7.17. The van der Waals surface area contributed by atoms with Crippen molar-refractivity contribution in [2.45, 2.75) is 31.7 Å². The number of rotatable bonds is 4. The van der Waals surface area contributed by atoms with Crippen LogP contribution in [0.4, 0.5) is 0 Å². The molecule has 2 fully saturated rings. The van der Waals surface area contributed by atoms with E-state index in [1.54, 1.807) is 0 Å². The van der Waals surface area contributed by atoms with E-state index in [0.29, 0.717) is 30.5 Å². The molecule has 2 bridgehead atoms. The van der Waals surface area contributed by atoms with Crippen molar-refractivity contribution in [1.29, 1.82) is 0 Å². The van der Waals surface area contributed by atoms with Crippen LogP contribution in [0.3, 0.4) is 0 Å². The Balaban J connectivity index is 1.28. The lowest BCUT2D eigenvalue weighted by atomic mass is 9.80. The fourth-order valence-electron chi connectivity index (χ4n) is 4.77. The average molecular weight is 319 g/mol. The van der Waals surface area contributed by atoms with Crippen LogP contribution in [0.2, 0.25) is 0 Å². The predicted molar refractivity (Wildman–Crippen MR) is 92.6 cm³/mol. The smallest absolute Gasteiger partial charge is 0.141 e. The minimum absolute atomic E-state index is 0.208. The Morgan fingerprint density at radius 1 is 0.958 bits per heavy atom. The van der Waals surface area contributed by atoms with E-state index < -0.39 is 0 Å². The molecule has 0 spiro atoms. The molecule has 2 aromatic carbocycles. The van der Waals surface area contributed by atoms with E-state index in [1.165, 1.54) is 17.5 Å². The first-order valence-electron chi connectivity index (χ1n) is 8.85. The van der Waals surface area contributed by atoms with Crippen LogP contribution in [0.1, 0.15) is 24.0 Å². The Hall–Kier alpha value is -2.13. The molecular formula is C21H21NO2. The lowest BCUT2D eigenvalue weighted by Crippen LogP contribution is -2.38. The van der Waals surface area contributed by atoms with Crippen LogP contribution < -0.4 is 0 Å². The Labute approximate surface area is 142 Å². The molecule has 122 valence electrons. The first-order chi connectivity index (χ1) is 11.9. The van der Waals surface area contributed by atoms with Gasteiger partial charge in [0.2, 0.25) is 0 Å². The van der Waals surface area contributed by atoms with Gasteiger partial charge >= 0.3 is 0 Å². The van der Waals surface area contributed by atoms with Gasteiger partial charge < -0.3 is 9.57 Å². The molecule has 0 unspecified atom stereocenters. The van der Waals surface area contributed by atoms with E-state index in [9.17, 15) is 0 Å². The van der Waals surface area contributed by atoms with Gasteiger partial charge in [0, 0.05) is 11.8 Å². The zero-order valence-electron chi connectivity index (χ0n) is 13.5. The molecule has 5 rings (SSSR count). The molecule has 0 N–H and O–H groups in total. The maximum absolute atomic E-state index is 6.24. The third kappa shape index (κ3) is 2.27. The van der Waals surface area contributed by atoms with E-state index in [0.717, 1.165) is 12.1 Å². The number of hydrogen-bond acceptors (Lipinski definition) is 3. The quantitative estimate of drug-likeness (QED) is 0.852. The Bertz CT molecular complexity index is 743. The number of benzene rings is 2. The maximum Gasteiger partial charge on any atom is 0.141 e. The van der Waals surface area contributed by atoms with Gasteiger partial charge in [-0.1, -0.05) is 65.8 Å². The van der Waals surface area contributed by atoms with Crippen LogP contribution in [-0.4, -0.2) is 17.9 Å². The highest BCUT2D eigenvalue weighted by molar-refractivity contribution is 6.03. The van der Waals surface area contributed by atoms with Crippen molar-refractivity contribution in [2.75, 3.05) is 0 Å². The third-order valence-corrected chi connectivity index (χ3v) is 5.84. The lowest BCUT2D eigenvalue weighted by molar-refractivity contribution is -0.0643. The van der Waals surface area contributed by atoms with E-state index in [1.807, 2.05) is 12.1 Å². The second-order valence-electron chi connectivity index (χ2n) is 7.17. The van der Waals surface area contributed by atoms with Crippen LogP contribution in [0, 0.1) is 17.8 Å². The van der Waals surface area contributed by atoms with Crippen molar-refractivity contribution >= 4 is 5.71 Å². The molecule has 2 aliphatic carbocycles. The van der Waals surface area contributed by atoms with Gasteiger partial charge in [0.1, 0.15) is 6.10 Å². The first-order valence-corrected chi connectivity index (χ1v) is 8.85. The van der Waals surface area contributed by atoms with Crippen molar-refractivity contribution in [3.05, 3.63) is 71.8 Å². The Morgan fingerprint density at radius 3 is 2.50 bits per heavy atom. The predicted octanol–water partition coefficient (Wildman–Crippen LogP) is 4.03. The van der Waals surface area contributed by atoms with E-state index in [4.69, 9.17) is 9.57 Å². The highest BCUT2D eigenvalue weighted by Crippen LogP contribution is 2.54. The fraction of sp³-hybridized carbons (Fsp3) is 0.381. The number of ether oxygens (including phenoxy) is 1. The van der Waals surface area contributed by atoms with Crippen LogP contribution in [0.25, 0.3) is 0 Å². The summed E-state index contributed by atoms with van der Waals surface area (Å²) in [6.45, 7) is 0.693. The molecule has 0 aromatic heterocycles. The van der Waals surface area contributed by atoms with Gasteiger partial charge in [-0.05, 0) is 29.9 Å². The monoisotopic (exact) mass is 319 g/mol. The van der Waals surface area contributed by atoms with Gasteiger partial charge in [-0.25, -0.2) is 0 Å². The minimum atomic E-state index is 0.208. The van der Waals surface area contributed by atoms with Crippen LogP contribution in [0.5, 0.6) is 0 Å². The molecule has 0 saturated heterocycles. The average Bonchev–Trinajstić information content (AvgIpc) is 3.33. The summed E-state index contributed by atoms with van der Waals surface area (Å²) in [7, 11) is 0.